The van der Waals surface area contributed by atoms with Gasteiger partial charge in [0.1, 0.15) is 0 Å². The van der Waals surface area contributed by atoms with Gasteiger partial charge in [-0.1, -0.05) is 0 Å². The fourth-order valence-electron chi connectivity index (χ4n) is 2.87. The van der Waals surface area contributed by atoms with E-state index in [0.29, 0.717) is 17.8 Å². The van der Waals surface area contributed by atoms with E-state index in [9.17, 15) is 5.11 Å². The molecule has 20 heavy (non-hydrogen) atoms. The van der Waals surface area contributed by atoms with Gasteiger partial charge >= 0.3 is 0 Å². The Labute approximate surface area is 123 Å². The zero-order valence-corrected chi connectivity index (χ0v) is 12.3. The highest BCUT2D eigenvalue weighted by atomic mass is 35.5. The van der Waals surface area contributed by atoms with Crippen molar-refractivity contribution in [3.63, 3.8) is 0 Å². The van der Waals surface area contributed by atoms with E-state index < -0.39 is 0 Å². The third kappa shape index (κ3) is 2.96. The first-order valence-electron chi connectivity index (χ1n) is 7.28. The first-order valence-corrected chi connectivity index (χ1v) is 7.66. The van der Waals surface area contributed by atoms with Crippen LogP contribution in [0.5, 0.6) is 0 Å². The van der Waals surface area contributed by atoms with E-state index in [-0.39, 0.29) is 11.9 Å². The molecule has 3 rings (SSSR count). The number of hydrogen-bond acceptors (Lipinski definition) is 6. The molecule has 0 amide bonds. The van der Waals surface area contributed by atoms with Crippen molar-refractivity contribution in [3.05, 3.63) is 5.28 Å². The van der Waals surface area contributed by atoms with Gasteiger partial charge in [0, 0.05) is 38.7 Å². The Kier molecular flexibility index (Phi) is 4.21. The van der Waals surface area contributed by atoms with Crippen molar-refractivity contribution < 1.29 is 5.11 Å². The maximum Gasteiger partial charge on any atom is 0.231 e. The van der Waals surface area contributed by atoms with Crippen LogP contribution >= 0.6 is 11.6 Å². The number of nitrogens with zero attached hydrogens (tertiary/aromatic N) is 5. The molecule has 0 bridgehead atoms. The number of halogens is 1. The van der Waals surface area contributed by atoms with Crippen molar-refractivity contribution in [2.24, 2.45) is 5.92 Å². The zero-order valence-electron chi connectivity index (χ0n) is 11.5. The molecule has 0 saturated carbocycles. The third-order valence-corrected chi connectivity index (χ3v) is 4.22. The van der Waals surface area contributed by atoms with Gasteiger partial charge in [0.05, 0.1) is 0 Å². The molecule has 2 aliphatic rings. The van der Waals surface area contributed by atoms with E-state index in [4.69, 9.17) is 11.6 Å². The van der Waals surface area contributed by atoms with E-state index >= 15 is 0 Å². The summed E-state index contributed by atoms with van der Waals surface area (Å²) in [7, 11) is 0. The molecular formula is C13H20ClN5O. The Bertz CT molecular complexity index is 466. The van der Waals surface area contributed by atoms with Crippen molar-refractivity contribution in [2.45, 2.75) is 25.7 Å². The Morgan fingerprint density at radius 3 is 2.35 bits per heavy atom. The van der Waals surface area contributed by atoms with Crippen LogP contribution in [0, 0.1) is 5.92 Å². The number of anilines is 2. The van der Waals surface area contributed by atoms with Crippen LogP contribution in [0.2, 0.25) is 5.28 Å². The summed E-state index contributed by atoms with van der Waals surface area (Å²) in [4.78, 5) is 17.3. The van der Waals surface area contributed by atoms with Crippen LogP contribution in [0.4, 0.5) is 11.9 Å². The predicted molar refractivity (Wildman–Crippen MR) is 78.3 cm³/mol. The van der Waals surface area contributed by atoms with Crippen LogP contribution in [-0.2, 0) is 0 Å². The minimum atomic E-state index is 0.217. The second kappa shape index (κ2) is 6.10. The summed E-state index contributed by atoms with van der Waals surface area (Å²) < 4.78 is 0. The highest BCUT2D eigenvalue weighted by molar-refractivity contribution is 6.28. The van der Waals surface area contributed by atoms with Gasteiger partial charge in [-0.15, -0.1) is 0 Å². The fraction of sp³-hybridized carbons (Fsp3) is 0.769. The van der Waals surface area contributed by atoms with Gasteiger partial charge in [0.2, 0.25) is 17.2 Å². The molecule has 0 aromatic carbocycles. The quantitative estimate of drug-likeness (QED) is 0.908. The number of aliphatic hydroxyl groups excluding tert-OH is 1. The monoisotopic (exact) mass is 297 g/mol. The lowest BCUT2D eigenvalue weighted by atomic mass is 10.1. The summed E-state index contributed by atoms with van der Waals surface area (Å²) in [5.41, 5.74) is 0. The second-order valence-corrected chi connectivity index (χ2v) is 5.87. The van der Waals surface area contributed by atoms with Gasteiger partial charge in [-0.05, 0) is 37.3 Å². The predicted octanol–water partition coefficient (Wildman–Crippen LogP) is 1.33. The Balaban J connectivity index is 1.79. The van der Waals surface area contributed by atoms with Gasteiger partial charge in [-0.2, -0.15) is 15.0 Å². The van der Waals surface area contributed by atoms with Crippen molar-refractivity contribution in [1.29, 1.82) is 0 Å². The minimum absolute atomic E-state index is 0.217. The summed E-state index contributed by atoms with van der Waals surface area (Å²) in [6, 6.07) is 0. The topological polar surface area (TPSA) is 65.4 Å². The normalized spacial score (nSPS) is 23.4. The van der Waals surface area contributed by atoms with Gasteiger partial charge in [0.15, 0.2) is 0 Å². The van der Waals surface area contributed by atoms with Gasteiger partial charge in [-0.25, -0.2) is 0 Å². The molecule has 0 aliphatic carbocycles. The average molecular weight is 298 g/mol. The van der Waals surface area contributed by atoms with Crippen molar-refractivity contribution >= 4 is 23.5 Å². The summed E-state index contributed by atoms with van der Waals surface area (Å²) >= 11 is 6.05. The van der Waals surface area contributed by atoms with Crippen molar-refractivity contribution in [1.82, 2.24) is 15.0 Å². The smallest absolute Gasteiger partial charge is 0.231 e. The van der Waals surface area contributed by atoms with Crippen LogP contribution in [0.1, 0.15) is 25.7 Å². The number of aliphatic hydroxyl groups is 1. The fourth-order valence-corrected chi connectivity index (χ4v) is 3.02. The largest absolute Gasteiger partial charge is 0.396 e. The molecule has 2 fully saturated rings. The lowest BCUT2D eigenvalue weighted by Crippen LogP contribution is -2.32. The Morgan fingerprint density at radius 1 is 1.00 bits per heavy atom. The standard InChI is InChI=1S/C13H20ClN5O/c14-11-15-12(18-5-2-1-3-6-18)17-13(16-11)19-7-4-10(8-19)9-20/h10,20H,1-9H2. The minimum Gasteiger partial charge on any atom is -0.396 e. The number of aromatic nitrogens is 3. The average Bonchev–Trinajstić information content (AvgIpc) is 2.96. The lowest BCUT2D eigenvalue weighted by Gasteiger charge is -2.27. The molecule has 3 heterocycles. The molecule has 0 spiro atoms. The molecule has 1 aromatic heterocycles. The van der Waals surface area contributed by atoms with E-state index in [1.54, 1.807) is 0 Å². The summed E-state index contributed by atoms with van der Waals surface area (Å²) in [5.74, 6) is 1.64. The summed E-state index contributed by atoms with van der Waals surface area (Å²) in [5, 5.41) is 9.48. The maximum absolute atomic E-state index is 9.23. The van der Waals surface area contributed by atoms with Gasteiger partial charge < -0.3 is 14.9 Å². The first-order chi connectivity index (χ1) is 9.76. The first kappa shape index (κ1) is 13.8. The number of piperidine rings is 1. The maximum atomic E-state index is 9.23. The highest BCUT2D eigenvalue weighted by Gasteiger charge is 2.25. The molecule has 0 radical (unpaired) electrons. The van der Waals surface area contributed by atoms with Crippen molar-refractivity contribution in [2.75, 3.05) is 42.6 Å². The van der Waals surface area contributed by atoms with Crippen LogP contribution in [-0.4, -0.2) is 52.8 Å². The highest BCUT2D eigenvalue weighted by Crippen LogP contribution is 2.24. The SMILES string of the molecule is OCC1CCN(c2nc(Cl)nc(N3CCCCC3)n2)C1. The Hall–Kier alpha value is -1.14. The van der Waals surface area contributed by atoms with E-state index in [1.165, 1.54) is 19.3 Å². The number of hydrogen-bond donors (Lipinski definition) is 1. The Morgan fingerprint density at radius 2 is 1.70 bits per heavy atom. The van der Waals surface area contributed by atoms with Crippen LogP contribution < -0.4 is 9.80 Å². The molecule has 6 nitrogen and oxygen atoms in total. The van der Waals surface area contributed by atoms with E-state index in [1.807, 2.05) is 0 Å². The molecule has 1 aromatic rings. The molecule has 7 heteroatoms. The molecule has 2 saturated heterocycles. The summed E-state index contributed by atoms with van der Waals surface area (Å²) in [6.45, 7) is 3.84. The van der Waals surface area contributed by atoms with E-state index in [0.717, 1.165) is 32.6 Å². The van der Waals surface area contributed by atoms with Gasteiger partial charge in [-0.3, -0.25) is 0 Å². The molecular weight excluding hydrogens is 278 g/mol. The van der Waals surface area contributed by atoms with Crippen LogP contribution in [0.15, 0.2) is 0 Å². The lowest BCUT2D eigenvalue weighted by molar-refractivity contribution is 0.238. The molecule has 1 atom stereocenters. The second-order valence-electron chi connectivity index (χ2n) is 5.54. The third-order valence-electron chi connectivity index (χ3n) is 4.05. The zero-order chi connectivity index (χ0) is 13.9. The van der Waals surface area contributed by atoms with Crippen LogP contribution in [0.25, 0.3) is 0 Å². The number of rotatable bonds is 3. The van der Waals surface area contributed by atoms with Crippen molar-refractivity contribution in [3.8, 4) is 0 Å². The van der Waals surface area contributed by atoms with Gasteiger partial charge in [0.25, 0.3) is 0 Å². The van der Waals surface area contributed by atoms with Crippen LogP contribution in [0.3, 0.4) is 0 Å². The summed E-state index contributed by atoms with van der Waals surface area (Å²) in [6.07, 6.45) is 4.59. The molecule has 110 valence electrons. The van der Waals surface area contributed by atoms with E-state index in [2.05, 4.69) is 24.8 Å². The molecule has 1 N–H and O–H groups in total. The molecule has 2 aliphatic heterocycles. The molecule has 1 unspecified atom stereocenters.